The van der Waals surface area contributed by atoms with Crippen molar-refractivity contribution in [2.24, 2.45) is 5.73 Å². The maximum atomic E-state index is 11.8. The van der Waals surface area contributed by atoms with Crippen LogP contribution in [-0.2, 0) is 24.3 Å². The summed E-state index contributed by atoms with van der Waals surface area (Å²) in [6.07, 6.45) is 5.22. The molecule has 0 bridgehead atoms. The Morgan fingerprint density at radius 1 is 1.16 bits per heavy atom. The molecule has 1 aliphatic heterocycles. The van der Waals surface area contributed by atoms with Crippen molar-refractivity contribution in [1.29, 1.82) is 0 Å². The van der Waals surface area contributed by atoms with E-state index in [0.717, 1.165) is 29.9 Å². The fourth-order valence-electron chi connectivity index (χ4n) is 3.86. The number of hydrogen-bond donors (Lipinski definition) is 2. The summed E-state index contributed by atoms with van der Waals surface area (Å²) >= 11 is 0. The number of primary amides is 1. The van der Waals surface area contributed by atoms with E-state index in [0.29, 0.717) is 42.5 Å². The lowest BCUT2D eigenvalue weighted by molar-refractivity contribution is 0.100. The van der Waals surface area contributed by atoms with Gasteiger partial charge in [0.1, 0.15) is 5.82 Å². The van der Waals surface area contributed by atoms with Gasteiger partial charge >= 0.3 is 0 Å². The van der Waals surface area contributed by atoms with Crippen molar-refractivity contribution in [2.75, 3.05) is 11.9 Å². The number of pyridine rings is 1. The monoisotopic (exact) mass is 414 g/mol. The zero-order valence-electron chi connectivity index (χ0n) is 16.9. The third-order valence-electron chi connectivity index (χ3n) is 5.39. The van der Waals surface area contributed by atoms with E-state index >= 15 is 0 Å². The number of amides is 1. The first-order chi connectivity index (χ1) is 15.2. The molecular formula is C23H22N6O2. The minimum atomic E-state index is -0.501. The average Bonchev–Trinajstić information content (AvgIpc) is 3.08. The molecule has 3 N–H and O–H groups in total. The van der Waals surface area contributed by atoms with Crippen LogP contribution >= 0.6 is 0 Å². The maximum Gasteiger partial charge on any atom is 0.250 e. The minimum Gasteiger partial charge on any atom is -0.375 e. The Hall–Kier alpha value is -3.78. The Morgan fingerprint density at radius 2 is 2.03 bits per heavy atom. The van der Waals surface area contributed by atoms with Gasteiger partial charge in [0.05, 0.1) is 29.6 Å². The lowest BCUT2D eigenvalue weighted by Gasteiger charge is -2.14. The van der Waals surface area contributed by atoms with Crippen LogP contribution in [0, 0.1) is 0 Å². The second-order valence-electron chi connectivity index (χ2n) is 7.44. The lowest BCUT2D eigenvalue weighted by Crippen LogP contribution is -2.12. The number of anilines is 1. The largest absolute Gasteiger partial charge is 0.375 e. The van der Waals surface area contributed by atoms with E-state index in [4.69, 9.17) is 20.4 Å². The van der Waals surface area contributed by atoms with Crippen LogP contribution in [0.4, 0.5) is 5.82 Å². The van der Waals surface area contributed by atoms with Gasteiger partial charge in [0.2, 0.25) is 0 Å². The summed E-state index contributed by atoms with van der Waals surface area (Å²) in [6.45, 7) is 1.78. The number of carbonyl (C=O) groups is 1. The molecule has 8 nitrogen and oxygen atoms in total. The highest BCUT2D eigenvalue weighted by Crippen LogP contribution is 2.27. The number of hydrogen-bond acceptors (Lipinski definition) is 6. The Bertz CT molecular complexity index is 1250. The standard InChI is InChI=1S/C23H22N6O2/c24-20(30)17-8-4-10-29-19(17)13-26-23(29)22-27-18-14-31-11-5-9-16(18)21(28-22)25-12-15-6-2-1-3-7-15/h1-4,6-8,10,13H,5,9,11-12,14H2,(H2,24,30)(H,25,27,28). The first kappa shape index (κ1) is 19.2. The van der Waals surface area contributed by atoms with Gasteiger partial charge in [-0.3, -0.25) is 9.20 Å². The number of fused-ring (bicyclic) bond motifs is 2. The van der Waals surface area contributed by atoms with Crippen molar-refractivity contribution < 1.29 is 9.53 Å². The number of carbonyl (C=O) groups excluding carboxylic acids is 1. The maximum absolute atomic E-state index is 11.8. The van der Waals surface area contributed by atoms with Crippen LogP contribution in [0.5, 0.6) is 0 Å². The number of rotatable bonds is 5. The van der Waals surface area contributed by atoms with Crippen LogP contribution in [0.15, 0.2) is 54.9 Å². The third-order valence-corrected chi connectivity index (χ3v) is 5.39. The Labute approximate surface area is 179 Å². The number of ether oxygens (including phenoxy) is 1. The number of nitrogens with zero attached hydrogens (tertiary/aromatic N) is 4. The molecule has 8 heteroatoms. The van der Waals surface area contributed by atoms with E-state index in [1.807, 2.05) is 24.4 Å². The van der Waals surface area contributed by atoms with E-state index in [-0.39, 0.29) is 0 Å². The molecule has 0 fully saturated rings. The zero-order chi connectivity index (χ0) is 21.2. The molecule has 0 saturated carbocycles. The molecule has 0 atom stereocenters. The summed E-state index contributed by atoms with van der Waals surface area (Å²) in [5.74, 6) is 1.31. The van der Waals surface area contributed by atoms with E-state index in [2.05, 4.69) is 22.4 Å². The van der Waals surface area contributed by atoms with Crippen molar-refractivity contribution in [1.82, 2.24) is 19.4 Å². The van der Waals surface area contributed by atoms with Crippen molar-refractivity contribution in [3.63, 3.8) is 0 Å². The number of nitrogens with two attached hydrogens (primary N) is 1. The fraction of sp³-hybridized carbons (Fsp3) is 0.217. The highest BCUT2D eigenvalue weighted by Gasteiger charge is 2.21. The van der Waals surface area contributed by atoms with Gasteiger partial charge in [-0.25, -0.2) is 15.0 Å². The van der Waals surface area contributed by atoms with Crippen LogP contribution in [0.25, 0.3) is 17.2 Å². The van der Waals surface area contributed by atoms with Crippen molar-refractivity contribution in [2.45, 2.75) is 26.0 Å². The molecule has 0 saturated heterocycles. The quantitative estimate of drug-likeness (QED) is 0.520. The highest BCUT2D eigenvalue weighted by atomic mass is 16.5. The average molecular weight is 414 g/mol. The SMILES string of the molecule is NC(=O)c1cccn2c(-c3nc4c(c(NCc5ccccc5)n3)CCCOC4)ncc12. The first-order valence-electron chi connectivity index (χ1n) is 10.2. The Morgan fingerprint density at radius 3 is 2.87 bits per heavy atom. The molecule has 3 aromatic heterocycles. The summed E-state index contributed by atoms with van der Waals surface area (Å²) in [5.41, 5.74) is 9.65. The Kier molecular flexibility index (Phi) is 5.05. The van der Waals surface area contributed by atoms with Crippen molar-refractivity contribution in [3.8, 4) is 11.6 Å². The molecule has 31 heavy (non-hydrogen) atoms. The molecule has 156 valence electrons. The van der Waals surface area contributed by atoms with E-state index in [1.54, 1.807) is 22.7 Å². The van der Waals surface area contributed by atoms with Gasteiger partial charge in [0.15, 0.2) is 11.6 Å². The van der Waals surface area contributed by atoms with Crippen LogP contribution in [-0.4, -0.2) is 31.9 Å². The van der Waals surface area contributed by atoms with Gasteiger partial charge in [-0.1, -0.05) is 30.3 Å². The van der Waals surface area contributed by atoms with E-state index in [1.165, 1.54) is 5.56 Å². The second-order valence-corrected chi connectivity index (χ2v) is 7.44. The fourth-order valence-corrected chi connectivity index (χ4v) is 3.86. The molecule has 0 spiro atoms. The molecule has 4 heterocycles. The van der Waals surface area contributed by atoms with Crippen LogP contribution in [0.1, 0.15) is 33.6 Å². The minimum absolute atomic E-state index is 0.404. The van der Waals surface area contributed by atoms with Gasteiger partial charge in [0, 0.05) is 24.9 Å². The van der Waals surface area contributed by atoms with Gasteiger partial charge in [0.25, 0.3) is 5.91 Å². The first-order valence-corrected chi connectivity index (χ1v) is 10.2. The molecule has 1 aliphatic rings. The van der Waals surface area contributed by atoms with Gasteiger partial charge in [-0.15, -0.1) is 0 Å². The smallest absolute Gasteiger partial charge is 0.250 e. The van der Waals surface area contributed by atoms with Crippen LogP contribution in [0.2, 0.25) is 0 Å². The number of imidazole rings is 1. The van der Waals surface area contributed by atoms with Gasteiger partial charge < -0.3 is 15.8 Å². The number of benzene rings is 1. The van der Waals surface area contributed by atoms with Crippen LogP contribution in [0.3, 0.4) is 0 Å². The number of aromatic nitrogens is 4. The third kappa shape index (κ3) is 3.73. The molecule has 4 aromatic rings. The molecule has 5 rings (SSSR count). The summed E-state index contributed by atoms with van der Waals surface area (Å²) in [4.78, 5) is 25.9. The lowest BCUT2D eigenvalue weighted by atomic mass is 10.1. The topological polar surface area (TPSA) is 107 Å². The van der Waals surface area contributed by atoms with Gasteiger partial charge in [-0.2, -0.15) is 0 Å². The number of nitrogens with one attached hydrogen (secondary N) is 1. The molecule has 0 aliphatic carbocycles. The normalized spacial score (nSPS) is 13.5. The summed E-state index contributed by atoms with van der Waals surface area (Å²) in [5, 5.41) is 3.48. The summed E-state index contributed by atoms with van der Waals surface area (Å²) in [7, 11) is 0. The molecule has 0 radical (unpaired) electrons. The van der Waals surface area contributed by atoms with E-state index < -0.39 is 5.91 Å². The predicted octanol–water partition coefficient (Wildman–Crippen LogP) is 2.97. The molecule has 1 aromatic carbocycles. The van der Waals surface area contributed by atoms with Crippen molar-refractivity contribution in [3.05, 3.63) is 77.2 Å². The molecular weight excluding hydrogens is 392 g/mol. The van der Waals surface area contributed by atoms with Gasteiger partial charge in [-0.05, 0) is 30.5 Å². The molecule has 1 amide bonds. The van der Waals surface area contributed by atoms with E-state index in [9.17, 15) is 4.79 Å². The summed E-state index contributed by atoms with van der Waals surface area (Å²) < 4.78 is 7.53. The van der Waals surface area contributed by atoms with Crippen LogP contribution < -0.4 is 11.1 Å². The Balaban J connectivity index is 1.59. The van der Waals surface area contributed by atoms with Crippen molar-refractivity contribution >= 4 is 17.2 Å². The summed E-state index contributed by atoms with van der Waals surface area (Å²) in [6, 6.07) is 13.6. The molecule has 0 unspecified atom stereocenters. The predicted molar refractivity (Wildman–Crippen MR) is 116 cm³/mol. The highest BCUT2D eigenvalue weighted by molar-refractivity contribution is 5.99. The second kappa shape index (κ2) is 8.16. The zero-order valence-corrected chi connectivity index (χ0v) is 16.9.